The lowest BCUT2D eigenvalue weighted by molar-refractivity contribution is -0.124. The highest BCUT2D eigenvalue weighted by Gasteiger charge is 2.23. The van der Waals surface area contributed by atoms with E-state index in [0.717, 1.165) is 5.56 Å². The molecule has 43 heavy (non-hydrogen) atoms. The minimum absolute atomic E-state index is 0.0335. The number of aromatic nitrogens is 6. The van der Waals surface area contributed by atoms with Crippen LogP contribution in [-0.4, -0.2) is 61.0 Å². The molecule has 15 heteroatoms. The predicted molar refractivity (Wildman–Crippen MR) is 156 cm³/mol. The van der Waals surface area contributed by atoms with Crippen LogP contribution >= 0.6 is 0 Å². The second-order valence-corrected chi connectivity index (χ2v) is 10.4. The Bertz CT molecular complexity index is 1560. The number of methoxy groups -OCH3 is 1. The van der Waals surface area contributed by atoms with Gasteiger partial charge < -0.3 is 20.1 Å². The van der Waals surface area contributed by atoms with E-state index in [0.29, 0.717) is 23.0 Å². The van der Waals surface area contributed by atoms with Crippen molar-refractivity contribution in [3.8, 4) is 17.1 Å². The lowest BCUT2D eigenvalue weighted by Gasteiger charge is -2.22. The molecule has 226 valence electrons. The zero-order chi connectivity index (χ0) is 31.0. The van der Waals surface area contributed by atoms with E-state index in [4.69, 9.17) is 9.47 Å². The van der Waals surface area contributed by atoms with E-state index in [2.05, 4.69) is 46.5 Å². The van der Waals surface area contributed by atoms with Crippen LogP contribution in [0.3, 0.4) is 0 Å². The molecule has 2 amide bonds. The highest BCUT2D eigenvalue weighted by Crippen LogP contribution is 2.22. The standard InChI is InChI=1S/C28H33FN10O4/c1-28(2,3)43-27(41)32-16-19(12-17-6-7-24(42-5)31-15-17)25(40)37-36-23-14-18(13-21(29)34-23)20-8-10-30-26(33-20)35-22-9-11-39(4)38-22/h6-11,13-15,19H,12,16H2,1-5H3,(H,32,41)(H,34,36)(H,37,40)(H,30,33,35,38). The van der Waals surface area contributed by atoms with Gasteiger partial charge in [0.1, 0.15) is 11.4 Å². The smallest absolute Gasteiger partial charge is 0.407 e. The third-order valence-corrected chi connectivity index (χ3v) is 5.76. The Labute approximate surface area is 247 Å². The van der Waals surface area contributed by atoms with Gasteiger partial charge in [0, 0.05) is 55.9 Å². The zero-order valence-electron chi connectivity index (χ0n) is 24.4. The van der Waals surface area contributed by atoms with E-state index in [1.54, 1.807) is 69.2 Å². The molecule has 0 saturated heterocycles. The van der Waals surface area contributed by atoms with Crippen LogP contribution in [0.15, 0.2) is 55.0 Å². The monoisotopic (exact) mass is 592 g/mol. The minimum atomic E-state index is -0.792. The summed E-state index contributed by atoms with van der Waals surface area (Å²) in [6, 6.07) is 9.55. The highest BCUT2D eigenvalue weighted by molar-refractivity contribution is 5.81. The van der Waals surface area contributed by atoms with Gasteiger partial charge in [-0.05, 0) is 44.9 Å². The summed E-state index contributed by atoms with van der Waals surface area (Å²) in [6.45, 7) is 5.18. The topological polar surface area (TPSA) is 170 Å². The van der Waals surface area contributed by atoms with E-state index in [9.17, 15) is 14.0 Å². The van der Waals surface area contributed by atoms with Crippen molar-refractivity contribution < 1.29 is 23.5 Å². The van der Waals surface area contributed by atoms with Gasteiger partial charge >= 0.3 is 6.09 Å². The quantitative estimate of drug-likeness (QED) is 0.149. The molecule has 4 rings (SSSR count). The number of hydrogen-bond acceptors (Lipinski definition) is 11. The van der Waals surface area contributed by atoms with Crippen LogP contribution < -0.4 is 26.2 Å². The van der Waals surface area contributed by atoms with E-state index < -0.39 is 29.5 Å². The molecule has 0 radical (unpaired) electrons. The number of nitrogens with one attached hydrogen (secondary N) is 4. The Morgan fingerprint density at radius 2 is 1.88 bits per heavy atom. The van der Waals surface area contributed by atoms with Gasteiger partial charge in [0.2, 0.25) is 23.7 Å². The second kappa shape index (κ2) is 13.5. The van der Waals surface area contributed by atoms with Gasteiger partial charge in [-0.2, -0.15) is 9.49 Å². The minimum Gasteiger partial charge on any atom is -0.481 e. The number of amides is 2. The number of nitrogens with zero attached hydrogens (tertiary/aromatic N) is 6. The lowest BCUT2D eigenvalue weighted by Crippen LogP contribution is -2.43. The van der Waals surface area contributed by atoms with Crippen LogP contribution in [0, 0.1) is 11.9 Å². The molecule has 4 aromatic rings. The fourth-order valence-corrected chi connectivity index (χ4v) is 3.83. The Hall–Kier alpha value is -5.34. The zero-order valence-corrected chi connectivity index (χ0v) is 24.4. The average Bonchev–Trinajstić information content (AvgIpc) is 3.37. The van der Waals surface area contributed by atoms with Crippen LogP contribution in [-0.2, 0) is 23.0 Å². The first-order valence-electron chi connectivity index (χ1n) is 13.3. The summed E-state index contributed by atoms with van der Waals surface area (Å²) in [7, 11) is 3.29. The molecule has 0 aliphatic carbocycles. The number of rotatable bonds is 11. The van der Waals surface area contributed by atoms with Crippen LogP contribution in [0.25, 0.3) is 11.3 Å². The number of aryl methyl sites for hydroxylation is 1. The number of anilines is 3. The first-order chi connectivity index (χ1) is 20.5. The fraction of sp³-hybridized carbons (Fsp3) is 0.321. The average molecular weight is 593 g/mol. The van der Waals surface area contributed by atoms with Crippen LogP contribution in [0.2, 0.25) is 0 Å². The molecular weight excluding hydrogens is 559 g/mol. The van der Waals surface area contributed by atoms with Gasteiger partial charge in [0.15, 0.2) is 5.82 Å². The maximum atomic E-state index is 14.5. The van der Waals surface area contributed by atoms with Crippen LogP contribution in [0.1, 0.15) is 26.3 Å². The fourth-order valence-electron chi connectivity index (χ4n) is 3.83. The summed E-state index contributed by atoms with van der Waals surface area (Å²) in [6.07, 6.45) is 4.44. The Balaban J connectivity index is 1.46. The van der Waals surface area contributed by atoms with Crippen molar-refractivity contribution in [3.63, 3.8) is 0 Å². The van der Waals surface area contributed by atoms with Crippen molar-refractivity contribution in [2.75, 3.05) is 24.4 Å². The van der Waals surface area contributed by atoms with E-state index in [1.807, 2.05) is 0 Å². The summed E-state index contributed by atoms with van der Waals surface area (Å²) in [5.41, 5.74) is 6.05. The molecule has 0 bridgehead atoms. The number of ether oxygens (including phenoxy) is 2. The highest BCUT2D eigenvalue weighted by atomic mass is 19.1. The summed E-state index contributed by atoms with van der Waals surface area (Å²) < 4.78 is 26.5. The number of alkyl carbamates (subject to hydrolysis) is 1. The number of carbonyl (C=O) groups is 2. The molecule has 0 fully saturated rings. The van der Waals surface area contributed by atoms with Crippen molar-refractivity contribution >= 4 is 29.6 Å². The molecule has 4 aromatic heterocycles. The molecular formula is C28H33FN10O4. The lowest BCUT2D eigenvalue weighted by atomic mass is 10.00. The molecule has 0 aromatic carbocycles. The third-order valence-electron chi connectivity index (χ3n) is 5.76. The number of hydrogen-bond donors (Lipinski definition) is 4. The van der Waals surface area contributed by atoms with Crippen molar-refractivity contribution in [2.24, 2.45) is 13.0 Å². The van der Waals surface area contributed by atoms with E-state index >= 15 is 0 Å². The first kappa shape index (κ1) is 30.6. The molecule has 1 atom stereocenters. The van der Waals surface area contributed by atoms with Crippen LogP contribution in [0.4, 0.5) is 26.8 Å². The Morgan fingerprint density at radius 3 is 2.56 bits per heavy atom. The SMILES string of the molecule is COc1ccc(CC(CNC(=O)OC(C)(C)C)C(=O)NNc2cc(-c3ccnc(Nc4ccn(C)n4)n3)cc(F)n2)cn1. The van der Waals surface area contributed by atoms with E-state index in [-0.39, 0.29) is 24.7 Å². The van der Waals surface area contributed by atoms with Gasteiger partial charge in [-0.15, -0.1) is 0 Å². The summed E-state index contributed by atoms with van der Waals surface area (Å²) >= 11 is 0. The number of carbonyl (C=O) groups excluding carboxylic acids is 2. The van der Waals surface area contributed by atoms with Gasteiger partial charge in [-0.3, -0.25) is 20.3 Å². The van der Waals surface area contributed by atoms with Crippen molar-refractivity contribution in [1.82, 2.24) is 40.5 Å². The number of halogens is 1. The molecule has 0 saturated carbocycles. The summed E-state index contributed by atoms with van der Waals surface area (Å²) in [5, 5.41) is 9.85. The largest absolute Gasteiger partial charge is 0.481 e. The maximum Gasteiger partial charge on any atom is 0.407 e. The Morgan fingerprint density at radius 1 is 1.07 bits per heavy atom. The van der Waals surface area contributed by atoms with Crippen molar-refractivity contribution in [2.45, 2.75) is 32.8 Å². The summed E-state index contributed by atoms with van der Waals surface area (Å²) in [5.74, 6) is -0.745. The normalized spacial score (nSPS) is 11.8. The molecule has 0 aliphatic rings. The number of hydrazine groups is 1. The Kier molecular flexibility index (Phi) is 9.65. The molecule has 4 N–H and O–H groups in total. The van der Waals surface area contributed by atoms with Crippen LogP contribution in [0.5, 0.6) is 5.88 Å². The maximum absolute atomic E-state index is 14.5. The second-order valence-electron chi connectivity index (χ2n) is 10.4. The molecule has 14 nitrogen and oxygen atoms in total. The van der Waals surface area contributed by atoms with E-state index in [1.165, 1.54) is 25.4 Å². The third kappa shape index (κ3) is 9.34. The predicted octanol–water partition coefficient (Wildman–Crippen LogP) is 3.39. The molecule has 1 unspecified atom stereocenters. The molecule has 4 heterocycles. The molecule has 0 aliphatic heterocycles. The van der Waals surface area contributed by atoms with Crippen molar-refractivity contribution in [3.05, 3.63) is 66.5 Å². The number of pyridine rings is 2. The van der Waals surface area contributed by atoms with Gasteiger partial charge in [-0.1, -0.05) is 6.07 Å². The first-order valence-corrected chi connectivity index (χ1v) is 13.3. The molecule has 0 spiro atoms. The summed E-state index contributed by atoms with van der Waals surface area (Å²) in [4.78, 5) is 42.1. The van der Waals surface area contributed by atoms with Gasteiger partial charge in [0.25, 0.3) is 0 Å². The van der Waals surface area contributed by atoms with Crippen molar-refractivity contribution in [1.29, 1.82) is 0 Å². The van der Waals surface area contributed by atoms with Gasteiger partial charge in [0.05, 0.1) is 18.7 Å². The van der Waals surface area contributed by atoms with Gasteiger partial charge in [-0.25, -0.2) is 24.7 Å².